The molecule has 0 radical (unpaired) electrons. The van der Waals surface area contributed by atoms with Crippen LogP contribution in [0, 0.1) is 0 Å². The first-order valence-electron chi connectivity index (χ1n) is 8.97. The van der Waals surface area contributed by atoms with Crippen molar-refractivity contribution in [2.24, 2.45) is 0 Å². The zero-order valence-corrected chi connectivity index (χ0v) is 14.9. The fourth-order valence-corrected chi connectivity index (χ4v) is 3.27. The zero-order valence-electron chi connectivity index (χ0n) is 14.9. The topological polar surface area (TPSA) is 36.8 Å². The van der Waals surface area contributed by atoms with Gasteiger partial charge in [-0.2, -0.15) is 0 Å². The largest absolute Gasteiger partial charge is 0.378 e. The van der Waals surface area contributed by atoms with Gasteiger partial charge in [0.2, 0.25) is 0 Å². The van der Waals surface area contributed by atoms with Crippen LogP contribution in [0.15, 0.2) is 24.3 Å². The summed E-state index contributed by atoms with van der Waals surface area (Å²) >= 11 is 0. The number of amides is 1. The molecule has 0 spiro atoms. The molecule has 2 rings (SSSR count). The predicted octanol–water partition coefficient (Wildman–Crippen LogP) is 1.61. The summed E-state index contributed by atoms with van der Waals surface area (Å²) in [4.78, 5) is 15.7. The molecular formula is C19H32N3O+. The minimum absolute atomic E-state index is 0.207. The molecule has 1 atom stereocenters. The first-order chi connectivity index (χ1) is 11.1. The third-order valence-electron chi connectivity index (χ3n) is 4.79. The molecule has 1 aliphatic carbocycles. The molecule has 1 aromatic rings. The van der Waals surface area contributed by atoms with Gasteiger partial charge in [-0.25, -0.2) is 0 Å². The van der Waals surface area contributed by atoms with Crippen LogP contribution in [0.5, 0.6) is 0 Å². The molecule has 1 fully saturated rings. The SMILES string of the molecule is CC[NH+](CC(=O)NC1CCCCC1)Cc1ccc(N(C)C)cc1. The summed E-state index contributed by atoms with van der Waals surface area (Å²) in [6.45, 7) is 4.59. The number of likely N-dealkylation sites (N-methyl/N-ethyl adjacent to an activating group) is 1. The molecule has 2 N–H and O–H groups in total. The lowest BCUT2D eigenvalue weighted by Gasteiger charge is -2.24. The molecule has 4 nitrogen and oxygen atoms in total. The van der Waals surface area contributed by atoms with Gasteiger partial charge < -0.3 is 15.1 Å². The quantitative estimate of drug-likeness (QED) is 0.801. The summed E-state index contributed by atoms with van der Waals surface area (Å²) in [5.74, 6) is 0.207. The lowest BCUT2D eigenvalue weighted by Crippen LogP contribution is -3.11. The minimum Gasteiger partial charge on any atom is -0.378 e. The molecule has 4 heteroatoms. The summed E-state index contributed by atoms with van der Waals surface area (Å²) in [5, 5.41) is 3.23. The number of quaternary nitrogens is 1. The number of carbonyl (C=O) groups is 1. The monoisotopic (exact) mass is 318 g/mol. The second-order valence-corrected chi connectivity index (χ2v) is 6.92. The van der Waals surface area contributed by atoms with Crippen molar-refractivity contribution in [1.29, 1.82) is 0 Å². The van der Waals surface area contributed by atoms with Crippen LogP contribution in [0.4, 0.5) is 5.69 Å². The van der Waals surface area contributed by atoms with Gasteiger partial charge in [0.05, 0.1) is 6.54 Å². The van der Waals surface area contributed by atoms with Gasteiger partial charge in [0.1, 0.15) is 6.54 Å². The predicted molar refractivity (Wildman–Crippen MR) is 95.9 cm³/mol. The van der Waals surface area contributed by atoms with E-state index in [0.717, 1.165) is 25.9 Å². The van der Waals surface area contributed by atoms with Gasteiger partial charge in [-0.1, -0.05) is 31.4 Å². The molecule has 1 unspecified atom stereocenters. The Labute approximate surface area is 140 Å². The molecule has 1 aliphatic rings. The Hall–Kier alpha value is -1.55. The van der Waals surface area contributed by atoms with E-state index in [1.165, 1.54) is 35.4 Å². The number of nitrogens with one attached hydrogen (secondary N) is 2. The summed E-state index contributed by atoms with van der Waals surface area (Å²) in [7, 11) is 4.10. The van der Waals surface area contributed by atoms with E-state index in [2.05, 4.69) is 41.4 Å². The normalized spacial score (nSPS) is 16.8. The van der Waals surface area contributed by atoms with Gasteiger partial charge in [-0.3, -0.25) is 4.79 Å². The number of rotatable bonds is 7. The molecule has 0 aliphatic heterocycles. The van der Waals surface area contributed by atoms with Crippen molar-refractivity contribution in [3.05, 3.63) is 29.8 Å². The lowest BCUT2D eigenvalue weighted by atomic mass is 9.95. The third-order valence-corrected chi connectivity index (χ3v) is 4.79. The maximum atomic E-state index is 12.3. The second-order valence-electron chi connectivity index (χ2n) is 6.92. The number of nitrogens with zero attached hydrogens (tertiary/aromatic N) is 1. The molecule has 1 aromatic carbocycles. The van der Waals surface area contributed by atoms with Gasteiger partial charge in [0.15, 0.2) is 6.54 Å². The van der Waals surface area contributed by atoms with E-state index in [0.29, 0.717) is 12.6 Å². The van der Waals surface area contributed by atoms with E-state index in [1.54, 1.807) is 0 Å². The van der Waals surface area contributed by atoms with Crippen LogP contribution in [-0.4, -0.2) is 39.1 Å². The maximum absolute atomic E-state index is 12.3. The van der Waals surface area contributed by atoms with E-state index in [1.807, 2.05) is 14.1 Å². The number of carbonyl (C=O) groups excluding carboxylic acids is 1. The Kier molecular flexibility index (Phi) is 6.90. The van der Waals surface area contributed by atoms with Gasteiger partial charge in [0.25, 0.3) is 5.91 Å². The van der Waals surface area contributed by atoms with Crippen LogP contribution in [0.2, 0.25) is 0 Å². The first-order valence-corrected chi connectivity index (χ1v) is 8.97. The van der Waals surface area contributed by atoms with Crippen molar-refractivity contribution in [3.8, 4) is 0 Å². The lowest BCUT2D eigenvalue weighted by molar-refractivity contribution is -0.904. The summed E-state index contributed by atoms with van der Waals surface area (Å²) in [6.07, 6.45) is 6.14. The van der Waals surface area contributed by atoms with Crippen molar-refractivity contribution in [2.45, 2.75) is 51.6 Å². The average molecular weight is 318 g/mol. The second kappa shape index (κ2) is 8.92. The summed E-state index contributed by atoms with van der Waals surface area (Å²) in [6, 6.07) is 9.04. The van der Waals surface area contributed by atoms with Crippen LogP contribution < -0.4 is 15.1 Å². The van der Waals surface area contributed by atoms with E-state index in [9.17, 15) is 4.79 Å². The highest BCUT2D eigenvalue weighted by atomic mass is 16.2. The van der Waals surface area contributed by atoms with Crippen molar-refractivity contribution >= 4 is 11.6 Å². The Bertz CT molecular complexity index is 478. The van der Waals surface area contributed by atoms with Gasteiger partial charge in [-0.15, -0.1) is 0 Å². The van der Waals surface area contributed by atoms with Crippen LogP contribution in [-0.2, 0) is 11.3 Å². The van der Waals surface area contributed by atoms with E-state index < -0.39 is 0 Å². The molecule has 1 saturated carbocycles. The molecule has 1 amide bonds. The molecule has 0 heterocycles. The molecule has 0 bridgehead atoms. The maximum Gasteiger partial charge on any atom is 0.275 e. The van der Waals surface area contributed by atoms with E-state index >= 15 is 0 Å². The average Bonchev–Trinajstić information content (AvgIpc) is 2.55. The highest BCUT2D eigenvalue weighted by molar-refractivity contribution is 5.77. The molecule has 128 valence electrons. The molecule has 0 aromatic heterocycles. The van der Waals surface area contributed by atoms with Crippen LogP contribution in [0.3, 0.4) is 0 Å². The minimum atomic E-state index is 0.207. The van der Waals surface area contributed by atoms with Crippen LogP contribution in [0.1, 0.15) is 44.6 Å². The number of benzene rings is 1. The Morgan fingerprint density at radius 2 is 1.83 bits per heavy atom. The Morgan fingerprint density at radius 3 is 2.39 bits per heavy atom. The Balaban J connectivity index is 1.82. The fraction of sp³-hybridized carbons (Fsp3) is 0.632. The molecule has 23 heavy (non-hydrogen) atoms. The smallest absolute Gasteiger partial charge is 0.275 e. The highest BCUT2D eigenvalue weighted by Gasteiger charge is 2.19. The zero-order chi connectivity index (χ0) is 16.7. The highest BCUT2D eigenvalue weighted by Crippen LogP contribution is 2.17. The molecular weight excluding hydrogens is 286 g/mol. The van der Waals surface area contributed by atoms with Crippen molar-refractivity contribution in [3.63, 3.8) is 0 Å². The van der Waals surface area contributed by atoms with E-state index in [-0.39, 0.29) is 5.91 Å². The van der Waals surface area contributed by atoms with Crippen molar-refractivity contribution < 1.29 is 9.69 Å². The van der Waals surface area contributed by atoms with Gasteiger partial charge in [0, 0.05) is 31.4 Å². The number of anilines is 1. The van der Waals surface area contributed by atoms with Crippen LogP contribution >= 0.6 is 0 Å². The summed E-state index contributed by atoms with van der Waals surface area (Å²) in [5.41, 5.74) is 2.50. The molecule has 0 saturated heterocycles. The van der Waals surface area contributed by atoms with Crippen molar-refractivity contribution in [1.82, 2.24) is 5.32 Å². The van der Waals surface area contributed by atoms with Gasteiger partial charge in [-0.05, 0) is 31.9 Å². The van der Waals surface area contributed by atoms with Crippen LogP contribution in [0.25, 0.3) is 0 Å². The Morgan fingerprint density at radius 1 is 1.17 bits per heavy atom. The standard InChI is InChI=1S/C19H31N3O/c1-4-22(14-16-10-12-18(13-11-16)21(2)3)15-19(23)20-17-8-6-5-7-9-17/h10-13,17H,4-9,14-15H2,1-3H3,(H,20,23)/p+1. The fourth-order valence-electron chi connectivity index (χ4n) is 3.27. The number of hydrogen-bond donors (Lipinski definition) is 2. The number of hydrogen-bond acceptors (Lipinski definition) is 2. The first kappa shape index (κ1) is 17.8. The third kappa shape index (κ3) is 5.87. The van der Waals surface area contributed by atoms with E-state index in [4.69, 9.17) is 0 Å². The van der Waals surface area contributed by atoms with Crippen molar-refractivity contribution in [2.75, 3.05) is 32.1 Å². The van der Waals surface area contributed by atoms with Gasteiger partial charge >= 0.3 is 0 Å². The summed E-state index contributed by atoms with van der Waals surface area (Å²) < 4.78 is 0.